The molecule has 26 heavy (non-hydrogen) atoms. The molecule has 2 heterocycles. The highest BCUT2D eigenvalue weighted by Gasteiger charge is 2.58. The molecule has 0 aromatic carbocycles. The highest BCUT2D eigenvalue weighted by molar-refractivity contribution is 7.09. The molecule has 1 aromatic heterocycles. The molecular weight excluding hydrogens is 367 g/mol. The van der Waals surface area contributed by atoms with Gasteiger partial charge < -0.3 is 10.4 Å². The van der Waals surface area contributed by atoms with Gasteiger partial charge in [0.05, 0.1) is 6.42 Å². The maximum absolute atomic E-state index is 13.4. The number of nitrogens with zero attached hydrogens (tertiary/aromatic N) is 2. The van der Waals surface area contributed by atoms with Gasteiger partial charge in [0, 0.05) is 23.7 Å². The van der Waals surface area contributed by atoms with Crippen LogP contribution in [0, 0.1) is 12.8 Å². The van der Waals surface area contributed by atoms with Crippen molar-refractivity contribution >= 4 is 17.2 Å². The minimum absolute atomic E-state index is 0.0348. The van der Waals surface area contributed by atoms with Gasteiger partial charge in [0.2, 0.25) is 11.5 Å². The van der Waals surface area contributed by atoms with Crippen LogP contribution in [0.2, 0.25) is 0 Å². The fourth-order valence-electron chi connectivity index (χ4n) is 3.00. The molecule has 1 aromatic rings. The van der Waals surface area contributed by atoms with Crippen LogP contribution in [0.15, 0.2) is 5.38 Å². The van der Waals surface area contributed by atoms with Crippen LogP contribution < -0.4 is 5.32 Å². The second kappa shape index (κ2) is 8.22. The van der Waals surface area contributed by atoms with Crippen LogP contribution in [0.4, 0.5) is 13.2 Å². The average Bonchev–Trinajstić information content (AvgIpc) is 2.99. The molecule has 0 spiro atoms. The van der Waals surface area contributed by atoms with Crippen LogP contribution in [0.5, 0.6) is 0 Å². The number of aryl methyl sites for hydroxylation is 1. The summed E-state index contributed by atoms with van der Waals surface area (Å²) in [4.78, 5) is 18.1. The van der Waals surface area contributed by atoms with Crippen molar-refractivity contribution in [1.29, 1.82) is 0 Å². The van der Waals surface area contributed by atoms with Crippen LogP contribution >= 0.6 is 11.3 Å². The molecule has 0 aliphatic carbocycles. The largest absolute Gasteiger partial charge is 0.424 e. The number of likely N-dealkylation sites (tertiary alicyclic amines) is 1. The number of carbonyl (C=O) groups excluding carboxylic acids is 1. The van der Waals surface area contributed by atoms with Crippen LogP contribution in [0.1, 0.15) is 43.8 Å². The molecule has 0 radical (unpaired) electrons. The molecule has 2 unspecified atom stereocenters. The summed E-state index contributed by atoms with van der Waals surface area (Å²) < 4.78 is 40.2. The van der Waals surface area contributed by atoms with Crippen molar-refractivity contribution in [2.24, 2.45) is 5.92 Å². The topological polar surface area (TPSA) is 65.5 Å². The summed E-state index contributed by atoms with van der Waals surface area (Å²) in [7, 11) is 0. The van der Waals surface area contributed by atoms with Crippen molar-refractivity contribution in [2.75, 3.05) is 19.6 Å². The van der Waals surface area contributed by atoms with Gasteiger partial charge in [-0.15, -0.1) is 11.3 Å². The molecule has 2 rings (SSSR count). The lowest BCUT2D eigenvalue weighted by Gasteiger charge is -2.35. The molecule has 1 amide bonds. The van der Waals surface area contributed by atoms with E-state index in [0.717, 1.165) is 25.9 Å². The summed E-state index contributed by atoms with van der Waals surface area (Å²) in [5, 5.41) is 13.6. The van der Waals surface area contributed by atoms with Crippen molar-refractivity contribution in [3.63, 3.8) is 0 Å². The first-order chi connectivity index (χ1) is 12.0. The van der Waals surface area contributed by atoms with E-state index in [0.29, 0.717) is 22.9 Å². The predicted octanol–water partition coefficient (Wildman–Crippen LogP) is 2.83. The monoisotopic (exact) mass is 393 g/mol. The normalized spacial score (nSPS) is 20.6. The van der Waals surface area contributed by atoms with E-state index in [-0.39, 0.29) is 12.6 Å². The molecule has 1 aliphatic rings. The predicted molar refractivity (Wildman–Crippen MR) is 93.9 cm³/mol. The van der Waals surface area contributed by atoms with E-state index in [9.17, 15) is 23.1 Å². The summed E-state index contributed by atoms with van der Waals surface area (Å²) in [6.07, 6.45) is -3.92. The molecule has 1 saturated heterocycles. The first-order valence-corrected chi connectivity index (χ1v) is 9.63. The molecule has 2 N–H and O–H groups in total. The van der Waals surface area contributed by atoms with Crippen LogP contribution in [0.3, 0.4) is 0 Å². The van der Waals surface area contributed by atoms with E-state index in [1.807, 2.05) is 6.92 Å². The number of nitrogens with one attached hydrogen (secondary N) is 1. The van der Waals surface area contributed by atoms with Crippen LogP contribution in [0.25, 0.3) is 0 Å². The summed E-state index contributed by atoms with van der Waals surface area (Å²) >= 11 is 0.703. The molecule has 1 fully saturated rings. The number of hydrogen-bond donors (Lipinski definition) is 2. The Hall–Kier alpha value is -1.19. The first-order valence-electron chi connectivity index (χ1n) is 8.75. The van der Waals surface area contributed by atoms with E-state index < -0.39 is 29.1 Å². The van der Waals surface area contributed by atoms with Gasteiger partial charge >= 0.3 is 6.18 Å². The Bertz CT molecular complexity index is 615. The number of alkyl halides is 3. The average molecular weight is 393 g/mol. The lowest BCUT2D eigenvalue weighted by Crippen LogP contribution is -2.49. The molecule has 2 atom stereocenters. The second-order valence-electron chi connectivity index (χ2n) is 7.20. The fraction of sp³-hybridized carbons (Fsp3) is 0.765. The molecule has 0 bridgehead atoms. The molecule has 9 heteroatoms. The number of piperidine rings is 1. The second-order valence-corrected chi connectivity index (χ2v) is 8.06. The van der Waals surface area contributed by atoms with Gasteiger partial charge in [-0.05, 0) is 45.7 Å². The number of aliphatic hydroxyl groups is 1. The van der Waals surface area contributed by atoms with E-state index in [1.54, 1.807) is 0 Å². The van der Waals surface area contributed by atoms with Gasteiger partial charge in [0.15, 0.2) is 0 Å². The number of rotatable bonds is 6. The standard InChI is InChI=1S/C17H26F3N3O2S/c1-11-4-6-23(7-5-11)13(3)9-21-14(24)8-16(25,17(18,19)20)15-22-12(2)10-26-15/h10-11,13,25H,4-9H2,1-3H3,(H,21,24). The molecule has 0 saturated carbocycles. The van der Waals surface area contributed by atoms with E-state index >= 15 is 0 Å². The Kier molecular flexibility index (Phi) is 6.68. The molecular formula is C17H26F3N3O2S. The van der Waals surface area contributed by atoms with E-state index in [1.165, 1.54) is 12.3 Å². The highest BCUT2D eigenvalue weighted by Crippen LogP contribution is 2.42. The van der Waals surface area contributed by atoms with Gasteiger partial charge in [-0.2, -0.15) is 13.2 Å². The Labute approximate surface area is 155 Å². The molecule has 1 aliphatic heterocycles. The van der Waals surface area contributed by atoms with Gasteiger partial charge in [-0.1, -0.05) is 6.92 Å². The lowest BCUT2D eigenvalue weighted by atomic mass is 9.98. The van der Waals surface area contributed by atoms with Crippen molar-refractivity contribution < 1.29 is 23.1 Å². The van der Waals surface area contributed by atoms with E-state index in [4.69, 9.17) is 0 Å². The summed E-state index contributed by atoms with van der Waals surface area (Å²) in [6, 6.07) is 0.0348. The van der Waals surface area contributed by atoms with Gasteiger partial charge in [-0.3, -0.25) is 9.69 Å². The van der Waals surface area contributed by atoms with Crippen molar-refractivity contribution in [3.05, 3.63) is 16.1 Å². The third kappa shape index (κ3) is 4.95. The van der Waals surface area contributed by atoms with Gasteiger partial charge in [0.1, 0.15) is 5.01 Å². The van der Waals surface area contributed by atoms with E-state index in [2.05, 4.69) is 22.1 Å². The summed E-state index contributed by atoms with van der Waals surface area (Å²) in [6.45, 7) is 7.76. The Morgan fingerprint density at radius 1 is 1.46 bits per heavy atom. The van der Waals surface area contributed by atoms with Crippen molar-refractivity contribution in [2.45, 2.75) is 57.9 Å². The summed E-state index contributed by atoms with van der Waals surface area (Å²) in [5.41, 5.74) is -2.89. The highest BCUT2D eigenvalue weighted by atomic mass is 32.1. The third-order valence-corrected chi connectivity index (χ3v) is 6.01. The first kappa shape index (κ1) is 21.1. The number of halogens is 3. The lowest BCUT2D eigenvalue weighted by molar-refractivity contribution is -0.267. The number of amides is 1. The number of hydrogen-bond acceptors (Lipinski definition) is 5. The third-order valence-electron chi connectivity index (χ3n) is 4.89. The SMILES string of the molecule is Cc1csc(C(O)(CC(=O)NCC(C)N2CCC(C)CC2)C(F)(F)F)n1. The fourth-order valence-corrected chi connectivity index (χ4v) is 3.91. The smallest absolute Gasteiger partial charge is 0.374 e. The van der Waals surface area contributed by atoms with Gasteiger partial charge in [-0.25, -0.2) is 4.98 Å². The summed E-state index contributed by atoms with van der Waals surface area (Å²) in [5.74, 6) is -0.161. The number of thiazole rings is 1. The van der Waals surface area contributed by atoms with Crippen molar-refractivity contribution in [3.8, 4) is 0 Å². The zero-order valence-electron chi connectivity index (χ0n) is 15.3. The number of aromatic nitrogens is 1. The van der Waals surface area contributed by atoms with Crippen molar-refractivity contribution in [1.82, 2.24) is 15.2 Å². The Balaban J connectivity index is 1.95. The van der Waals surface area contributed by atoms with Crippen LogP contribution in [-0.4, -0.2) is 52.8 Å². The zero-order chi connectivity index (χ0) is 19.5. The minimum Gasteiger partial charge on any atom is -0.374 e. The Morgan fingerprint density at radius 3 is 2.58 bits per heavy atom. The molecule has 148 valence electrons. The maximum atomic E-state index is 13.4. The zero-order valence-corrected chi connectivity index (χ0v) is 16.1. The maximum Gasteiger partial charge on any atom is 0.424 e. The quantitative estimate of drug-likeness (QED) is 0.780. The Morgan fingerprint density at radius 2 is 2.08 bits per heavy atom. The minimum atomic E-state index is -4.98. The molecule has 5 nitrogen and oxygen atoms in total. The van der Waals surface area contributed by atoms with Gasteiger partial charge in [0.25, 0.3) is 0 Å². The number of carbonyl (C=O) groups is 1. The van der Waals surface area contributed by atoms with Crippen LogP contribution in [-0.2, 0) is 10.4 Å².